The van der Waals surface area contributed by atoms with Crippen LogP contribution in [0.3, 0.4) is 0 Å². The van der Waals surface area contributed by atoms with Crippen LogP contribution < -0.4 is 0 Å². The summed E-state index contributed by atoms with van der Waals surface area (Å²) in [5.41, 5.74) is 4.19. The molecule has 1 heterocycles. The summed E-state index contributed by atoms with van der Waals surface area (Å²) < 4.78 is 32.3. The Bertz CT molecular complexity index is 1230. The topological polar surface area (TPSA) is 96.7 Å². The van der Waals surface area contributed by atoms with Crippen LogP contribution in [0.2, 0.25) is 0 Å². The molecule has 0 spiro atoms. The second-order valence-corrected chi connectivity index (χ2v) is 11.3. The molecule has 0 saturated heterocycles. The van der Waals surface area contributed by atoms with Crippen LogP contribution in [0, 0.1) is 18.7 Å². The van der Waals surface area contributed by atoms with Gasteiger partial charge in [-0.1, -0.05) is 56.3 Å². The Hall–Kier alpha value is -2.86. The summed E-state index contributed by atoms with van der Waals surface area (Å²) >= 11 is 0. The van der Waals surface area contributed by atoms with E-state index >= 15 is 0 Å². The molecule has 0 saturated carbocycles. The summed E-state index contributed by atoms with van der Waals surface area (Å²) in [6, 6.07) is 15.5. The first-order valence-electron chi connectivity index (χ1n) is 11.9. The third kappa shape index (κ3) is 5.15. The molecule has 3 rings (SSSR count). The molecule has 36 heavy (non-hydrogen) atoms. The molecule has 0 amide bonds. The molecule has 0 radical (unpaired) electrons. The van der Waals surface area contributed by atoms with E-state index in [1.54, 1.807) is 18.3 Å². The fraction of sp³-hybridized carbons (Fsp3) is 0.357. The van der Waals surface area contributed by atoms with Gasteiger partial charge >= 0.3 is 5.97 Å². The van der Waals surface area contributed by atoms with Crippen molar-refractivity contribution in [2.24, 2.45) is 5.92 Å². The zero-order valence-corrected chi connectivity index (χ0v) is 22.2. The van der Waals surface area contributed by atoms with Gasteiger partial charge in [0.05, 0.1) is 11.8 Å². The Labute approximate surface area is 212 Å². The van der Waals surface area contributed by atoms with Gasteiger partial charge in [0.1, 0.15) is 5.82 Å². The van der Waals surface area contributed by atoms with Crippen molar-refractivity contribution in [2.45, 2.75) is 51.3 Å². The lowest BCUT2D eigenvalue weighted by Crippen LogP contribution is -2.51. The first kappa shape index (κ1) is 27.7. The predicted octanol–water partition coefficient (Wildman–Crippen LogP) is 6.32. The minimum absolute atomic E-state index is 0.00527. The number of aliphatic hydroxyl groups excluding tert-OH is 1. The van der Waals surface area contributed by atoms with Gasteiger partial charge in [-0.05, 0) is 60.6 Å². The molecule has 0 aliphatic carbocycles. The highest BCUT2D eigenvalue weighted by atomic mass is 31.1. The molecule has 0 bridgehead atoms. The van der Waals surface area contributed by atoms with Crippen molar-refractivity contribution in [2.75, 3.05) is 7.11 Å². The number of hydrogen-bond acceptors (Lipinski definition) is 5. The molecule has 8 heteroatoms. The third-order valence-electron chi connectivity index (χ3n) is 6.70. The lowest BCUT2D eigenvalue weighted by atomic mass is 9.74. The van der Waals surface area contributed by atoms with Crippen LogP contribution >= 0.6 is 8.03 Å². The molecule has 4 unspecified atom stereocenters. The van der Waals surface area contributed by atoms with E-state index in [9.17, 15) is 24.0 Å². The highest BCUT2D eigenvalue weighted by molar-refractivity contribution is 7.42. The minimum Gasteiger partial charge on any atom is -0.480 e. The van der Waals surface area contributed by atoms with E-state index in [2.05, 4.69) is 0 Å². The first-order valence-corrected chi connectivity index (χ1v) is 13.2. The van der Waals surface area contributed by atoms with Crippen LogP contribution in [0.4, 0.5) is 4.39 Å². The van der Waals surface area contributed by atoms with Gasteiger partial charge in [-0.15, -0.1) is 0 Å². The number of aliphatic hydroxyl groups is 1. The lowest BCUT2D eigenvalue weighted by Gasteiger charge is -2.40. The highest BCUT2D eigenvalue weighted by Crippen LogP contribution is 2.55. The number of aromatic nitrogens is 1. The fourth-order valence-corrected chi connectivity index (χ4v) is 6.41. The summed E-state index contributed by atoms with van der Waals surface area (Å²) in [4.78, 5) is 17.6. The van der Waals surface area contributed by atoms with Crippen molar-refractivity contribution < 1.29 is 28.5 Å². The van der Waals surface area contributed by atoms with Crippen molar-refractivity contribution in [3.8, 4) is 22.4 Å². The van der Waals surface area contributed by atoms with Gasteiger partial charge in [0, 0.05) is 24.8 Å². The molecule has 2 N–H and O–H groups in total. The van der Waals surface area contributed by atoms with Crippen molar-refractivity contribution in [1.29, 1.82) is 0 Å². The molecule has 4 atom stereocenters. The lowest BCUT2D eigenvalue weighted by molar-refractivity contribution is -0.144. The molecule has 3 aromatic rings. The number of carbonyl (C=O) groups is 1. The number of carboxylic acid groups (broad SMARTS) is 1. The number of aliphatic carboxylic acids is 1. The number of benzene rings is 2. The molecular weight excluding hydrogens is 480 g/mol. The number of halogens is 1. The molecule has 1 aromatic heterocycles. The largest absolute Gasteiger partial charge is 0.480 e. The standard InChI is InChI=1S/C28H33FNO5P/c1-17(2)15-24(28(19(4)31,27(32)33)36(34)35-5)23-16-30-26(21-9-7-6-8-10-21)18(3)25(23)20-11-13-22(29)14-12-20/h6-14,16-17,19,24,31,36H,15H2,1-5H3,(H,32,33). The summed E-state index contributed by atoms with van der Waals surface area (Å²) in [6.45, 7) is 7.08. The summed E-state index contributed by atoms with van der Waals surface area (Å²) in [7, 11) is -2.09. The monoisotopic (exact) mass is 513 g/mol. The van der Waals surface area contributed by atoms with E-state index in [1.165, 1.54) is 26.2 Å². The zero-order valence-electron chi connectivity index (χ0n) is 21.2. The second kappa shape index (κ2) is 11.5. The van der Waals surface area contributed by atoms with Crippen LogP contribution in [0.1, 0.15) is 44.2 Å². The maximum absolute atomic E-state index is 13.9. The van der Waals surface area contributed by atoms with Crippen molar-refractivity contribution in [3.63, 3.8) is 0 Å². The van der Waals surface area contributed by atoms with Gasteiger partial charge in [-0.3, -0.25) is 14.3 Å². The Morgan fingerprint density at radius 2 is 1.69 bits per heavy atom. The fourth-order valence-electron chi connectivity index (χ4n) is 5.00. The Balaban J connectivity index is 2.44. The zero-order chi connectivity index (χ0) is 26.6. The summed E-state index contributed by atoms with van der Waals surface area (Å²) in [5, 5.41) is 19.2. The predicted molar refractivity (Wildman–Crippen MR) is 140 cm³/mol. The van der Waals surface area contributed by atoms with Gasteiger partial charge in [0.25, 0.3) is 0 Å². The molecular formula is C28H33FNO5P. The normalized spacial score (nSPS) is 15.8. The quantitative estimate of drug-likeness (QED) is 0.308. The SMILES string of the molecule is CO[PH](=O)C(C(=O)O)(C(C)O)C(CC(C)C)c1cnc(-c2ccccc2)c(C)c1-c1ccc(F)cc1. The number of rotatable bonds is 10. The van der Waals surface area contributed by atoms with Crippen molar-refractivity contribution in [3.05, 3.63) is 77.7 Å². The van der Waals surface area contributed by atoms with E-state index in [0.717, 1.165) is 11.1 Å². The van der Waals surface area contributed by atoms with Crippen LogP contribution in [0.25, 0.3) is 22.4 Å². The molecule has 2 aromatic carbocycles. The Morgan fingerprint density at radius 3 is 2.19 bits per heavy atom. The first-order chi connectivity index (χ1) is 17.0. The number of carboxylic acids is 1. The van der Waals surface area contributed by atoms with E-state index in [0.29, 0.717) is 28.8 Å². The number of pyridine rings is 1. The average Bonchev–Trinajstić information content (AvgIpc) is 2.84. The van der Waals surface area contributed by atoms with Gasteiger partial charge in [-0.25, -0.2) is 4.39 Å². The Kier molecular flexibility index (Phi) is 8.83. The van der Waals surface area contributed by atoms with E-state index in [-0.39, 0.29) is 5.92 Å². The van der Waals surface area contributed by atoms with Crippen LogP contribution in [-0.2, 0) is 13.9 Å². The van der Waals surface area contributed by atoms with Crippen molar-refractivity contribution in [1.82, 2.24) is 4.98 Å². The molecule has 0 aliphatic heterocycles. The van der Waals surface area contributed by atoms with Gasteiger partial charge in [-0.2, -0.15) is 0 Å². The van der Waals surface area contributed by atoms with E-state index in [1.807, 2.05) is 51.1 Å². The van der Waals surface area contributed by atoms with Gasteiger partial charge in [0.2, 0.25) is 8.03 Å². The smallest absolute Gasteiger partial charge is 0.322 e. The van der Waals surface area contributed by atoms with Crippen molar-refractivity contribution >= 4 is 14.0 Å². The molecule has 0 fully saturated rings. The average molecular weight is 514 g/mol. The van der Waals surface area contributed by atoms with E-state index < -0.39 is 37.0 Å². The molecule has 192 valence electrons. The Morgan fingerprint density at radius 1 is 1.08 bits per heavy atom. The highest BCUT2D eigenvalue weighted by Gasteiger charge is 2.56. The van der Waals surface area contributed by atoms with Crippen LogP contribution in [0.5, 0.6) is 0 Å². The third-order valence-corrected chi connectivity index (χ3v) is 8.73. The van der Waals surface area contributed by atoms with Gasteiger partial charge < -0.3 is 14.7 Å². The summed E-state index contributed by atoms with van der Waals surface area (Å²) in [5.74, 6) is -2.71. The second-order valence-electron chi connectivity index (χ2n) is 9.46. The molecule has 6 nitrogen and oxygen atoms in total. The van der Waals surface area contributed by atoms with Gasteiger partial charge in [0.15, 0.2) is 5.16 Å². The van der Waals surface area contributed by atoms with Crippen LogP contribution in [0.15, 0.2) is 60.8 Å². The number of hydrogen-bond donors (Lipinski definition) is 2. The minimum atomic E-state index is -3.28. The van der Waals surface area contributed by atoms with E-state index in [4.69, 9.17) is 9.51 Å². The van der Waals surface area contributed by atoms with Crippen LogP contribution in [-0.4, -0.2) is 39.5 Å². The maximum atomic E-state index is 13.9. The maximum Gasteiger partial charge on any atom is 0.322 e. The number of nitrogens with zero attached hydrogens (tertiary/aromatic N) is 1. The summed E-state index contributed by atoms with van der Waals surface area (Å²) in [6.07, 6.45) is 0.420. The molecule has 0 aliphatic rings.